The van der Waals surface area contributed by atoms with Gasteiger partial charge in [0.05, 0.1) is 5.54 Å². The van der Waals surface area contributed by atoms with Crippen LogP contribution in [0.2, 0.25) is 0 Å². The summed E-state index contributed by atoms with van der Waals surface area (Å²) in [6, 6.07) is 32.5. The van der Waals surface area contributed by atoms with E-state index in [0.29, 0.717) is 6.04 Å². The van der Waals surface area contributed by atoms with Crippen LogP contribution in [0, 0.1) is 0 Å². The molecule has 3 rings (SSSR count). The average molecular weight is 360 g/mol. The molecule has 1 atom stereocenters. The Morgan fingerprint density at radius 1 is 0.741 bits per heavy atom. The maximum Gasteiger partial charge on any atom is 0.0972 e. The smallest absolute Gasteiger partial charge is 0.0972 e. The molecule has 3 aromatic rings. The second kappa shape index (κ2) is 8.98. The number of hydrogen-bond donors (Lipinski definition) is 1. The lowest BCUT2D eigenvalue weighted by Crippen LogP contribution is -2.50. The first-order valence-electron chi connectivity index (χ1n) is 9.71. The van der Waals surface area contributed by atoms with Gasteiger partial charge in [-0.3, -0.25) is 4.90 Å². The Kier molecular flexibility index (Phi) is 6.44. The topological polar surface area (TPSA) is 23.5 Å². The van der Waals surface area contributed by atoms with Gasteiger partial charge in [0.15, 0.2) is 0 Å². The average Bonchev–Trinajstić information content (AvgIpc) is 2.75. The molecule has 0 heterocycles. The van der Waals surface area contributed by atoms with Gasteiger partial charge in [0.1, 0.15) is 0 Å². The van der Waals surface area contributed by atoms with Crippen LogP contribution in [0.4, 0.5) is 0 Å². The van der Waals surface area contributed by atoms with E-state index < -0.39 is 5.54 Å². The minimum absolute atomic E-state index is 0.229. The molecular formula is C25H29NO. The molecule has 3 aromatic carbocycles. The molecule has 0 saturated carbocycles. The highest BCUT2D eigenvalue weighted by atomic mass is 16.2. The van der Waals surface area contributed by atoms with E-state index in [4.69, 9.17) is 0 Å². The first-order valence-corrected chi connectivity index (χ1v) is 9.71. The molecule has 27 heavy (non-hydrogen) atoms. The highest BCUT2D eigenvalue weighted by Crippen LogP contribution is 2.42. The van der Waals surface area contributed by atoms with Crippen LogP contribution in [0.25, 0.3) is 0 Å². The van der Waals surface area contributed by atoms with Crippen LogP contribution in [0.5, 0.6) is 0 Å². The molecule has 1 unspecified atom stereocenters. The molecule has 0 aromatic heterocycles. The highest BCUT2D eigenvalue weighted by Gasteiger charge is 2.41. The van der Waals surface area contributed by atoms with Crippen molar-refractivity contribution in [3.8, 4) is 0 Å². The lowest BCUT2D eigenvalue weighted by molar-refractivity contribution is 0.131. The first-order chi connectivity index (χ1) is 13.2. The van der Waals surface area contributed by atoms with Crippen LogP contribution in [-0.2, 0) is 5.54 Å². The van der Waals surface area contributed by atoms with Gasteiger partial charge in [-0.25, -0.2) is 0 Å². The molecule has 1 N–H and O–H groups in total. The van der Waals surface area contributed by atoms with Crippen molar-refractivity contribution in [3.05, 3.63) is 108 Å². The van der Waals surface area contributed by atoms with Crippen LogP contribution < -0.4 is 0 Å². The van der Waals surface area contributed by atoms with Gasteiger partial charge in [-0.15, -0.1) is 0 Å². The van der Waals surface area contributed by atoms with Gasteiger partial charge in [-0.05, 0) is 43.5 Å². The van der Waals surface area contributed by atoms with Crippen molar-refractivity contribution in [2.45, 2.75) is 31.3 Å². The number of rotatable bonds is 8. The maximum absolute atomic E-state index is 9.33. The van der Waals surface area contributed by atoms with Gasteiger partial charge in [0.2, 0.25) is 0 Å². The normalized spacial score (nSPS) is 12.9. The Labute approximate surface area is 163 Å². The van der Waals surface area contributed by atoms with Crippen LogP contribution >= 0.6 is 0 Å². The standard InChI is InChI=1S/C25H29NO/c1-21(13-12-20-27)26(2)25(22-14-6-3-7-15-22,23-16-8-4-9-17-23)24-18-10-5-11-19-24/h3-11,14-19,21,27H,12-13,20H2,1-2H3. The van der Waals surface area contributed by atoms with Crippen LogP contribution in [0.15, 0.2) is 91.0 Å². The summed E-state index contributed by atoms with van der Waals surface area (Å²) in [5.74, 6) is 0. The van der Waals surface area contributed by atoms with Crippen molar-refractivity contribution in [1.82, 2.24) is 4.90 Å². The quantitative estimate of drug-likeness (QED) is 0.568. The molecule has 0 aliphatic rings. The highest BCUT2D eigenvalue weighted by molar-refractivity contribution is 5.49. The zero-order valence-corrected chi connectivity index (χ0v) is 16.3. The summed E-state index contributed by atoms with van der Waals surface area (Å²) >= 11 is 0. The fourth-order valence-corrected chi connectivity index (χ4v) is 4.06. The van der Waals surface area contributed by atoms with E-state index in [0.717, 1.165) is 12.8 Å². The van der Waals surface area contributed by atoms with Gasteiger partial charge in [-0.2, -0.15) is 0 Å². The lowest BCUT2D eigenvalue weighted by atomic mass is 9.75. The van der Waals surface area contributed by atoms with E-state index in [1.54, 1.807) is 0 Å². The van der Waals surface area contributed by atoms with Crippen molar-refractivity contribution in [1.29, 1.82) is 0 Å². The zero-order valence-electron chi connectivity index (χ0n) is 16.3. The molecular weight excluding hydrogens is 330 g/mol. The van der Waals surface area contributed by atoms with Crippen LogP contribution in [0.3, 0.4) is 0 Å². The second-order valence-corrected chi connectivity index (χ2v) is 7.13. The summed E-state index contributed by atoms with van der Waals surface area (Å²) in [4.78, 5) is 2.46. The van der Waals surface area contributed by atoms with Gasteiger partial charge in [-0.1, -0.05) is 91.0 Å². The second-order valence-electron chi connectivity index (χ2n) is 7.13. The van der Waals surface area contributed by atoms with Crippen molar-refractivity contribution in [3.63, 3.8) is 0 Å². The minimum atomic E-state index is -0.390. The molecule has 0 radical (unpaired) electrons. The molecule has 0 bridgehead atoms. The Morgan fingerprint density at radius 3 is 1.44 bits per heavy atom. The third kappa shape index (κ3) is 3.83. The molecule has 0 amide bonds. The number of nitrogens with zero attached hydrogens (tertiary/aromatic N) is 1. The van der Waals surface area contributed by atoms with E-state index in [1.165, 1.54) is 16.7 Å². The SMILES string of the molecule is CC(CCCO)N(C)C(c1ccccc1)(c1ccccc1)c1ccccc1. The van der Waals surface area contributed by atoms with Crippen molar-refractivity contribution < 1.29 is 5.11 Å². The van der Waals surface area contributed by atoms with Gasteiger partial charge < -0.3 is 5.11 Å². The number of aliphatic hydroxyl groups is 1. The molecule has 0 spiro atoms. The van der Waals surface area contributed by atoms with E-state index in [1.807, 2.05) is 0 Å². The lowest BCUT2D eigenvalue weighted by Gasteiger charge is -2.46. The van der Waals surface area contributed by atoms with Crippen molar-refractivity contribution >= 4 is 0 Å². The largest absolute Gasteiger partial charge is 0.396 e. The minimum Gasteiger partial charge on any atom is -0.396 e. The molecule has 0 fully saturated rings. The maximum atomic E-state index is 9.33. The third-order valence-corrected chi connectivity index (χ3v) is 5.54. The van der Waals surface area contributed by atoms with Gasteiger partial charge in [0, 0.05) is 12.6 Å². The van der Waals surface area contributed by atoms with E-state index in [9.17, 15) is 5.11 Å². The van der Waals surface area contributed by atoms with Crippen molar-refractivity contribution in [2.24, 2.45) is 0 Å². The van der Waals surface area contributed by atoms with Gasteiger partial charge in [0.25, 0.3) is 0 Å². The van der Waals surface area contributed by atoms with Gasteiger partial charge >= 0.3 is 0 Å². The Morgan fingerprint density at radius 2 is 1.11 bits per heavy atom. The molecule has 2 nitrogen and oxygen atoms in total. The van der Waals surface area contributed by atoms with Crippen molar-refractivity contribution in [2.75, 3.05) is 13.7 Å². The predicted molar refractivity (Wildman–Crippen MR) is 113 cm³/mol. The molecule has 140 valence electrons. The first kappa shape index (κ1) is 19.3. The fraction of sp³-hybridized carbons (Fsp3) is 0.280. The molecule has 2 heteroatoms. The molecule has 0 saturated heterocycles. The summed E-state index contributed by atoms with van der Waals surface area (Å²) in [6.45, 7) is 2.48. The van der Waals surface area contributed by atoms with E-state index in [-0.39, 0.29) is 6.61 Å². The summed E-state index contributed by atoms with van der Waals surface area (Å²) in [6.07, 6.45) is 1.75. The summed E-state index contributed by atoms with van der Waals surface area (Å²) < 4.78 is 0. The predicted octanol–water partition coefficient (Wildman–Crippen LogP) is 5.07. The Balaban J connectivity index is 2.26. The summed E-state index contributed by atoms with van der Waals surface area (Å²) in [5.41, 5.74) is 3.36. The Hall–Kier alpha value is -2.42. The Bertz CT molecular complexity index is 705. The number of hydrogen-bond acceptors (Lipinski definition) is 2. The monoisotopic (exact) mass is 359 g/mol. The summed E-state index contributed by atoms with van der Waals surface area (Å²) in [5, 5.41) is 9.33. The fourth-order valence-electron chi connectivity index (χ4n) is 4.06. The van der Waals surface area contributed by atoms with E-state index in [2.05, 4.69) is 110 Å². The van der Waals surface area contributed by atoms with Crippen LogP contribution in [0.1, 0.15) is 36.5 Å². The molecule has 0 aliphatic carbocycles. The third-order valence-electron chi connectivity index (χ3n) is 5.54. The zero-order chi connectivity index (χ0) is 19.1. The number of benzene rings is 3. The summed E-state index contributed by atoms with van der Waals surface area (Å²) in [7, 11) is 2.20. The molecule has 0 aliphatic heterocycles. The number of aliphatic hydroxyl groups excluding tert-OH is 1. The van der Waals surface area contributed by atoms with E-state index >= 15 is 0 Å². The van der Waals surface area contributed by atoms with Crippen LogP contribution in [-0.4, -0.2) is 29.7 Å².